The quantitative estimate of drug-likeness (QED) is 0.0803. The van der Waals surface area contributed by atoms with E-state index in [9.17, 15) is 9.59 Å². The molecular formula is C66H98N2O6S2. The fraction of sp³-hybridized carbons (Fsp3) is 0.606. The van der Waals surface area contributed by atoms with Gasteiger partial charge < -0.3 is 28.7 Å². The second-order valence-corrected chi connectivity index (χ2v) is 28.4. The maximum atomic E-state index is 14.4. The largest absolute Gasteiger partial charge is 0.492 e. The summed E-state index contributed by atoms with van der Waals surface area (Å²) < 4.78 is 28.4. The lowest BCUT2D eigenvalue weighted by molar-refractivity contribution is -0.137. The van der Waals surface area contributed by atoms with E-state index in [1.807, 2.05) is 9.80 Å². The van der Waals surface area contributed by atoms with E-state index in [4.69, 9.17) is 18.9 Å². The van der Waals surface area contributed by atoms with E-state index in [2.05, 4.69) is 200 Å². The van der Waals surface area contributed by atoms with Crippen LogP contribution in [0.2, 0.25) is 0 Å². The van der Waals surface area contributed by atoms with E-state index in [0.717, 1.165) is 79.0 Å². The molecule has 0 aromatic heterocycles. The monoisotopic (exact) mass is 1080 g/mol. The first-order chi connectivity index (χ1) is 35.3. The Kier molecular flexibility index (Phi) is 21.1. The fourth-order valence-corrected chi connectivity index (χ4v) is 11.1. The summed E-state index contributed by atoms with van der Waals surface area (Å²) in [7, 11) is 0. The highest BCUT2D eigenvalue weighted by Gasteiger charge is 2.31. The molecule has 0 heterocycles. The lowest BCUT2D eigenvalue weighted by atomic mass is 9.79. The SMILES string of the molecule is CSCCOc1c2cc(C(C)(C)C)cc1Cc1cc(C(C)(C)C)cc(c1OCC(=O)N(C(C)C)C(C)C)Cc1cc(C(C)(C)C)cc(c1OCCSC)Cc1cc(C(C)(C)C)cc(c1OCC(=O)N(C(C)C)C(C)C)C2. The summed E-state index contributed by atoms with van der Waals surface area (Å²) in [6.07, 6.45) is 6.23. The van der Waals surface area contributed by atoms with E-state index in [1.165, 1.54) is 22.3 Å². The van der Waals surface area contributed by atoms with Gasteiger partial charge in [-0.1, -0.05) is 132 Å². The van der Waals surface area contributed by atoms with E-state index in [0.29, 0.717) is 38.9 Å². The summed E-state index contributed by atoms with van der Waals surface area (Å²) in [5.41, 5.74) is 12.1. The van der Waals surface area contributed by atoms with Crippen molar-refractivity contribution < 1.29 is 28.5 Å². The highest BCUT2D eigenvalue weighted by atomic mass is 32.2. The highest BCUT2D eigenvalue weighted by molar-refractivity contribution is 7.98. The molecule has 0 fully saturated rings. The number of carbonyl (C=O) groups is 2. The molecule has 1 aliphatic rings. The van der Waals surface area contributed by atoms with E-state index >= 15 is 0 Å². The van der Waals surface area contributed by atoms with Gasteiger partial charge in [0.25, 0.3) is 11.8 Å². The number of amides is 2. The molecule has 0 spiro atoms. The van der Waals surface area contributed by atoms with Crippen molar-refractivity contribution in [1.82, 2.24) is 9.80 Å². The molecular weight excluding hydrogens is 981 g/mol. The number of benzene rings is 4. The van der Waals surface area contributed by atoms with Crippen LogP contribution in [0.4, 0.5) is 0 Å². The third kappa shape index (κ3) is 15.9. The topological polar surface area (TPSA) is 77.5 Å². The van der Waals surface area contributed by atoms with Crippen LogP contribution in [-0.2, 0) is 56.9 Å². The van der Waals surface area contributed by atoms with Gasteiger partial charge in [-0.2, -0.15) is 23.5 Å². The first-order valence-electron chi connectivity index (χ1n) is 28.0. The molecule has 4 aromatic carbocycles. The predicted octanol–water partition coefficient (Wildman–Crippen LogP) is 15.1. The average molecular weight is 1080 g/mol. The molecule has 0 atom stereocenters. The van der Waals surface area contributed by atoms with Crippen molar-refractivity contribution in [3.8, 4) is 23.0 Å². The Morgan fingerprint density at radius 2 is 0.592 bits per heavy atom. The number of ether oxygens (including phenoxy) is 4. The molecule has 0 N–H and O–H groups in total. The molecule has 0 radical (unpaired) electrons. The molecule has 8 bridgehead atoms. The molecule has 8 nitrogen and oxygen atoms in total. The van der Waals surface area contributed by atoms with Gasteiger partial charge >= 0.3 is 0 Å². The maximum Gasteiger partial charge on any atom is 0.260 e. The van der Waals surface area contributed by atoms with Gasteiger partial charge in [-0.05, 0) is 156 Å². The van der Waals surface area contributed by atoms with Crippen LogP contribution in [0.1, 0.15) is 205 Å². The Morgan fingerprint density at radius 1 is 0.395 bits per heavy atom. The fourth-order valence-electron chi connectivity index (χ4n) is 10.6. The van der Waals surface area contributed by atoms with Gasteiger partial charge in [0.15, 0.2) is 13.2 Å². The zero-order valence-corrected chi connectivity index (χ0v) is 52.8. The van der Waals surface area contributed by atoms with Crippen molar-refractivity contribution in [2.24, 2.45) is 0 Å². The van der Waals surface area contributed by atoms with Crippen LogP contribution in [0.3, 0.4) is 0 Å². The molecule has 420 valence electrons. The van der Waals surface area contributed by atoms with Crippen LogP contribution >= 0.6 is 23.5 Å². The van der Waals surface area contributed by atoms with Gasteiger partial charge in [-0.15, -0.1) is 0 Å². The molecule has 1 aliphatic carbocycles. The predicted molar refractivity (Wildman–Crippen MR) is 325 cm³/mol. The molecule has 2 amide bonds. The highest BCUT2D eigenvalue weighted by Crippen LogP contribution is 2.45. The lowest BCUT2D eigenvalue weighted by Crippen LogP contribution is -2.44. The van der Waals surface area contributed by atoms with Crippen LogP contribution in [0, 0.1) is 0 Å². The van der Waals surface area contributed by atoms with Crippen LogP contribution in [0.15, 0.2) is 48.5 Å². The number of hydrogen-bond acceptors (Lipinski definition) is 8. The second kappa shape index (κ2) is 25.7. The molecule has 4 aromatic rings. The Labute approximate surface area is 469 Å². The third-order valence-electron chi connectivity index (χ3n) is 14.5. The van der Waals surface area contributed by atoms with Crippen molar-refractivity contribution in [1.29, 1.82) is 0 Å². The zero-order chi connectivity index (χ0) is 56.8. The van der Waals surface area contributed by atoms with Crippen molar-refractivity contribution in [3.05, 3.63) is 115 Å². The van der Waals surface area contributed by atoms with Crippen molar-refractivity contribution in [2.45, 2.75) is 210 Å². The minimum Gasteiger partial charge on any atom is -0.492 e. The number of nitrogens with zero attached hydrogens (tertiary/aromatic N) is 2. The first-order valence-corrected chi connectivity index (χ1v) is 30.8. The first kappa shape index (κ1) is 62.6. The number of thioether (sulfide) groups is 2. The number of rotatable bonds is 18. The number of carbonyl (C=O) groups excluding carboxylic acids is 2. The Balaban J connectivity index is 2.03. The van der Waals surface area contributed by atoms with E-state index in [-0.39, 0.29) is 70.9 Å². The van der Waals surface area contributed by atoms with Crippen LogP contribution in [-0.4, -0.2) is 96.2 Å². The maximum absolute atomic E-state index is 14.4. The van der Waals surface area contributed by atoms with Gasteiger partial charge in [-0.3, -0.25) is 9.59 Å². The van der Waals surface area contributed by atoms with Gasteiger partial charge in [-0.25, -0.2) is 0 Å². The Hall–Kier alpha value is -4.28. The van der Waals surface area contributed by atoms with Gasteiger partial charge in [0, 0.05) is 61.4 Å². The lowest BCUT2D eigenvalue weighted by Gasteiger charge is -2.32. The summed E-state index contributed by atoms with van der Waals surface area (Å²) in [5.74, 6) is 4.71. The molecule has 10 heteroatoms. The molecule has 0 aliphatic heterocycles. The normalized spacial score (nSPS) is 13.4. The molecule has 76 heavy (non-hydrogen) atoms. The minimum absolute atomic E-state index is 0.0104. The average Bonchev–Trinajstić information content (AvgIpc) is 3.27. The minimum atomic E-state index is -0.219. The van der Waals surface area contributed by atoms with Gasteiger partial charge in [0.1, 0.15) is 23.0 Å². The van der Waals surface area contributed by atoms with Crippen LogP contribution in [0.25, 0.3) is 0 Å². The summed E-state index contributed by atoms with van der Waals surface area (Å²) >= 11 is 3.53. The second-order valence-electron chi connectivity index (χ2n) is 26.4. The molecule has 0 unspecified atom stereocenters. The summed E-state index contributed by atoms with van der Waals surface area (Å²) in [6.45, 7) is 44.7. The van der Waals surface area contributed by atoms with Crippen molar-refractivity contribution in [3.63, 3.8) is 0 Å². The smallest absolute Gasteiger partial charge is 0.260 e. The summed E-state index contributed by atoms with van der Waals surface area (Å²) in [6, 6.07) is 18.7. The molecule has 0 saturated heterocycles. The van der Waals surface area contributed by atoms with Crippen molar-refractivity contribution in [2.75, 3.05) is 50.4 Å². The Morgan fingerprint density at radius 3 is 0.763 bits per heavy atom. The van der Waals surface area contributed by atoms with E-state index in [1.54, 1.807) is 23.5 Å². The summed E-state index contributed by atoms with van der Waals surface area (Å²) in [4.78, 5) is 32.6. The Bertz CT molecular complexity index is 2340. The van der Waals surface area contributed by atoms with E-state index < -0.39 is 0 Å². The standard InChI is InChI=1S/C66H98N2O6S2/c1-41(2)67(42(3)4)57(69)39-73-61-49-27-45-31-53(63(9,10)11)33-47(59(45)71-23-25-75-21)29-51-37-56(66(18,19)20)38-52(62(51)74-40-58(70)68(43(5)6)44(7)8)30-48-34-54(64(12,13)14)32-46(60(48)72-24-26-76-22)28-50(61)36-55(35-49)65(15,16)17/h31-38,41-44H,23-30,39-40H2,1-22H3. The van der Waals surface area contributed by atoms with Gasteiger partial charge in [0.05, 0.1) is 13.2 Å². The number of hydrogen-bond donors (Lipinski definition) is 0. The molecule has 5 rings (SSSR count). The van der Waals surface area contributed by atoms with Gasteiger partial charge in [0.2, 0.25) is 0 Å². The van der Waals surface area contributed by atoms with Crippen LogP contribution < -0.4 is 18.9 Å². The third-order valence-corrected chi connectivity index (χ3v) is 15.7. The summed E-state index contributed by atoms with van der Waals surface area (Å²) in [5, 5.41) is 0. The van der Waals surface area contributed by atoms with Crippen LogP contribution in [0.5, 0.6) is 23.0 Å². The van der Waals surface area contributed by atoms with Crippen molar-refractivity contribution >= 4 is 35.3 Å². The molecule has 0 saturated carbocycles. The number of fused-ring (bicyclic) bond motifs is 8. The zero-order valence-electron chi connectivity index (χ0n) is 51.2.